The molecule has 2 amide bonds. The highest BCUT2D eigenvalue weighted by molar-refractivity contribution is 5.95. The first-order chi connectivity index (χ1) is 16.5. The number of carbonyl (C=O) groups excluding carboxylic acids is 2. The van der Waals surface area contributed by atoms with Crippen molar-refractivity contribution in [2.75, 3.05) is 46.2 Å². The number of nitrogens with zero attached hydrogens (tertiary/aromatic N) is 1. The fourth-order valence-electron chi connectivity index (χ4n) is 4.53. The van der Waals surface area contributed by atoms with E-state index in [1.165, 1.54) is 6.42 Å². The normalized spacial score (nSPS) is 14.7. The topological polar surface area (TPSA) is 79.9 Å². The number of anilines is 1. The van der Waals surface area contributed by atoms with Gasteiger partial charge < -0.3 is 25.0 Å². The first-order valence-electron chi connectivity index (χ1n) is 12.1. The molecule has 0 radical (unpaired) electrons. The fraction of sp³-hybridized carbons (Fsp3) is 0.481. The van der Waals surface area contributed by atoms with Gasteiger partial charge in [0.15, 0.2) is 0 Å². The summed E-state index contributed by atoms with van der Waals surface area (Å²) in [5.41, 5.74) is 1.52. The molecule has 1 saturated carbocycles. The summed E-state index contributed by atoms with van der Waals surface area (Å²) in [5.74, 6) is 1.43. The van der Waals surface area contributed by atoms with Crippen LogP contribution >= 0.6 is 0 Å². The molecule has 1 atom stereocenters. The van der Waals surface area contributed by atoms with Crippen LogP contribution in [0.5, 0.6) is 11.5 Å². The number of likely N-dealkylation sites (N-methyl/N-ethyl adjacent to an activating group) is 1. The predicted molar refractivity (Wildman–Crippen MR) is 135 cm³/mol. The van der Waals surface area contributed by atoms with E-state index in [0.29, 0.717) is 36.9 Å². The van der Waals surface area contributed by atoms with Crippen molar-refractivity contribution in [2.45, 2.75) is 32.1 Å². The Morgan fingerprint density at radius 2 is 1.71 bits per heavy atom. The van der Waals surface area contributed by atoms with Crippen LogP contribution in [0.25, 0.3) is 0 Å². The van der Waals surface area contributed by atoms with E-state index in [1.807, 2.05) is 31.3 Å². The molecule has 184 valence electrons. The molecule has 3 rings (SSSR count). The van der Waals surface area contributed by atoms with Crippen molar-refractivity contribution < 1.29 is 19.1 Å². The van der Waals surface area contributed by atoms with E-state index in [0.717, 1.165) is 37.1 Å². The Kier molecular flexibility index (Phi) is 9.62. The number of nitrogens with one attached hydrogen (secondary N) is 2. The van der Waals surface area contributed by atoms with Gasteiger partial charge in [-0.3, -0.25) is 9.59 Å². The molecule has 1 aliphatic carbocycles. The lowest BCUT2D eigenvalue weighted by atomic mass is 9.79. The molecule has 0 saturated heterocycles. The van der Waals surface area contributed by atoms with E-state index < -0.39 is 0 Å². The minimum Gasteiger partial charge on any atom is -0.497 e. The van der Waals surface area contributed by atoms with Crippen LogP contribution in [-0.4, -0.2) is 57.6 Å². The van der Waals surface area contributed by atoms with E-state index in [-0.39, 0.29) is 17.7 Å². The third kappa shape index (κ3) is 7.14. The zero-order valence-corrected chi connectivity index (χ0v) is 20.5. The lowest BCUT2D eigenvalue weighted by molar-refractivity contribution is -0.136. The molecule has 0 aliphatic heterocycles. The summed E-state index contributed by atoms with van der Waals surface area (Å²) < 4.78 is 10.4. The summed E-state index contributed by atoms with van der Waals surface area (Å²) in [5, 5.41) is 6.36. The molecule has 2 aromatic carbocycles. The van der Waals surface area contributed by atoms with Crippen LogP contribution in [0.15, 0.2) is 48.5 Å². The molecule has 0 spiro atoms. The highest BCUT2D eigenvalue weighted by Crippen LogP contribution is 2.31. The number of benzene rings is 2. The second-order valence-corrected chi connectivity index (χ2v) is 8.86. The minimum absolute atomic E-state index is 0.0920. The van der Waals surface area contributed by atoms with Gasteiger partial charge in [0.25, 0.3) is 5.91 Å². The number of methoxy groups -OCH3 is 2. The number of hydrogen-bond donors (Lipinski definition) is 2. The molecule has 2 N–H and O–H groups in total. The van der Waals surface area contributed by atoms with Crippen LogP contribution < -0.4 is 20.1 Å². The average molecular weight is 468 g/mol. The van der Waals surface area contributed by atoms with E-state index >= 15 is 0 Å². The molecule has 0 aromatic heterocycles. The van der Waals surface area contributed by atoms with Gasteiger partial charge >= 0.3 is 0 Å². The zero-order chi connectivity index (χ0) is 24.3. The van der Waals surface area contributed by atoms with Crippen LogP contribution in [-0.2, 0) is 4.79 Å². The maximum atomic E-state index is 13.4. The van der Waals surface area contributed by atoms with Crippen molar-refractivity contribution in [3.05, 3.63) is 54.1 Å². The van der Waals surface area contributed by atoms with E-state index in [4.69, 9.17) is 9.47 Å². The zero-order valence-electron chi connectivity index (χ0n) is 20.5. The molecule has 7 nitrogen and oxygen atoms in total. The molecule has 1 aliphatic rings. The van der Waals surface area contributed by atoms with Crippen LogP contribution in [0.1, 0.15) is 42.5 Å². The third-order valence-corrected chi connectivity index (χ3v) is 6.59. The Bertz CT molecular complexity index is 926. The smallest absolute Gasteiger partial charge is 0.251 e. The van der Waals surface area contributed by atoms with Gasteiger partial charge in [-0.2, -0.15) is 0 Å². The lowest BCUT2D eigenvalue weighted by Crippen LogP contribution is -2.45. The monoisotopic (exact) mass is 467 g/mol. The maximum absolute atomic E-state index is 13.4. The first-order valence-corrected chi connectivity index (χ1v) is 12.1. The second kappa shape index (κ2) is 12.9. The number of ether oxygens (including phenoxy) is 2. The van der Waals surface area contributed by atoms with Crippen LogP contribution in [0.4, 0.5) is 5.69 Å². The highest BCUT2D eigenvalue weighted by atomic mass is 16.5. The molecule has 2 aromatic rings. The van der Waals surface area contributed by atoms with E-state index in [2.05, 4.69) is 10.6 Å². The Morgan fingerprint density at radius 3 is 2.38 bits per heavy atom. The Labute approximate surface area is 202 Å². The van der Waals surface area contributed by atoms with Gasteiger partial charge in [0.1, 0.15) is 11.5 Å². The number of carbonyl (C=O) groups is 2. The standard InChI is InChI=1S/C27H37N3O4/c1-30(17-16-28-22-12-14-23(33-2)15-13-22)27(32)25(20-8-5-4-6-9-20)19-29-26(31)21-10-7-11-24(18-21)34-3/h7,10-15,18,20,25,28H,4-6,8-9,16-17,19H2,1-3H3,(H,29,31). The Balaban J connectivity index is 1.58. The summed E-state index contributed by atoms with van der Waals surface area (Å²) in [6.45, 7) is 1.57. The van der Waals surface area contributed by atoms with E-state index in [1.54, 1.807) is 43.4 Å². The molecule has 0 heterocycles. The second-order valence-electron chi connectivity index (χ2n) is 8.86. The Hall–Kier alpha value is -3.22. The van der Waals surface area contributed by atoms with Crippen molar-refractivity contribution in [1.82, 2.24) is 10.2 Å². The Morgan fingerprint density at radius 1 is 1.00 bits per heavy atom. The maximum Gasteiger partial charge on any atom is 0.251 e. The van der Waals surface area contributed by atoms with Crippen LogP contribution in [0, 0.1) is 11.8 Å². The van der Waals surface area contributed by atoms with E-state index in [9.17, 15) is 9.59 Å². The molecular weight excluding hydrogens is 430 g/mol. The van der Waals surface area contributed by atoms with Crippen molar-refractivity contribution in [3.8, 4) is 11.5 Å². The van der Waals surface area contributed by atoms with Gasteiger partial charge in [-0.05, 0) is 61.2 Å². The van der Waals surface area contributed by atoms with Gasteiger partial charge in [0.05, 0.1) is 20.1 Å². The summed E-state index contributed by atoms with van der Waals surface area (Å²) in [6, 6.07) is 14.8. The van der Waals surface area contributed by atoms with Gasteiger partial charge in [-0.25, -0.2) is 0 Å². The number of rotatable bonds is 11. The average Bonchev–Trinajstić information content (AvgIpc) is 2.89. The SMILES string of the molecule is COc1ccc(NCCN(C)C(=O)C(CNC(=O)c2cccc(OC)c2)C2CCCCC2)cc1. The van der Waals surface area contributed by atoms with Crippen molar-refractivity contribution in [3.63, 3.8) is 0 Å². The van der Waals surface area contributed by atoms with Crippen LogP contribution in [0.3, 0.4) is 0 Å². The highest BCUT2D eigenvalue weighted by Gasteiger charge is 2.31. The van der Waals surface area contributed by atoms with Crippen molar-refractivity contribution in [1.29, 1.82) is 0 Å². The largest absolute Gasteiger partial charge is 0.497 e. The molecule has 0 bridgehead atoms. The first kappa shape index (κ1) is 25.4. The van der Waals surface area contributed by atoms with Crippen molar-refractivity contribution >= 4 is 17.5 Å². The molecule has 7 heteroatoms. The van der Waals surface area contributed by atoms with Gasteiger partial charge in [0.2, 0.25) is 5.91 Å². The molecule has 1 fully saturated rings. The summed E-state index contributed by atoms with van der Waals surface area (Å²) in [4.78, 5) is 28.0. The molecular formula is C27H37N3O4. The third-order valence-electron chi connectivity index (χ3n) is 6.59. The van der Waals surface area contributed by atoms with Gasteiger partial charge in [-0.1, -0.05) is 25.3 Å². The number of amides is 2. The fourth-order valence-corrected chi connectivity index (χ4v) is 4.53. The lowest BCUT2D eigenvalue weighted by Gasteiger charge is -2.32. The van der Waals surface area contributed by atoms with Gasteiger partial charge in [0, 0.05) is 37.9 Å². The predicted octanol–water partition coefficient (Wildman–Crippen LogP) is 4.20. The summed E-state index contributed by atoms with van der Waals surface area (Å²) in [6.07, 6.45) is 5.56. The molecule has 1 unspecified atom stereocenters. The summed E-state index contributed by atoms with van der Waals surface area (Å²) >= 11 is 0. The quantitative estimate of drug-likeness (QED) is 0.518. The van der Waals surface area contributed by atoms with Gasteiger partial charge in [-0.15, -0.1) is 0 Å². The van der Waals surface area contributed by atoms with Crippen LogP contribution in [0.2, 0.25) is 0 Å². The summed E-state index contributed by atoms with van der Waals surface area (Å²) in [7, 11) is 5.07. The number of hydrogen-bond acceptors (Lipinski definition) is 5. The minimum atomic E-state index is -0.221. The molecule has 34 heavy (non-hydrogen) atoms. The van der Waals surface area contributed by atoms with Crippen molar-refractivity contribution in [2.24, 2.45) is 11.8 Å².